The van der Waals surface area contributed by atoms with Crippen LogP contribution in [0.25, 0.3) is 0 Å². The van der Waals surface area contributed by atoms with Gasteiger partial charge in [0.1, 0.15) is 0 Å². The summed E-state index contributed by atoms with van der Waals surface area (Å²) in [5, 5.41) is 0.887. The fourth-order valence-electron chi connectivity index (χ4n) is 0.535. The van der Waals surface area contributed by atoms with E-state index in [-0.39, 0.29) is 0 Å². The Morgan fingerprint density at radius 1 is 1.50 bits per heavy atom. The molecule has 0 saturated carbocycles. The highest BCUT2D eigenvalue weighted by Crippen LogP contribution is 1.89. The minimum absolute atomic E-state index is 0.344. The SMILES string of the molecule is CCCOC(=O)N(C)[N]C(C)=O. The summed E-state index contributed by atoms with van der Waals surface area (Å²) in [7, 11) is 1.37. The van der Waals surface area contributed by atoms with Crippen molar-refractivity contribution in [3.63, 3.8) is 0 Å². The van der Waals surface area contributed by atoms with E-state index >= 15 is 0 Å². The van der Waals surface area contributed by atoms with Crippen molar-refractivity contribution in [1.29, 1.82) is 0 Å². The van der Waals surface area contributed by atoms with Gasteiger partial charge in [0.05, 0.1) is 6.61 Å². The fourth-order valence-corrected chi connectivity index (χ4v) is 0.535. The highest BCUT2D eigenvalue weighted by atomic mass is 16.6. The topological polar surface area (TPSA) is 60.7 Å². The zero-order chi connectivity index (χ0) is 9.56. The standard InChI is InChI=1S/C7H13N2O3/c1-4-5-12-7(11)9(3)8-6(2)10/h4-5H2,1-3H3. The third-order valence-electron chi connectivity index (χ3n) is 0.985. The molecule has 1 radical (unpaired) electrons. The Bertz CT molecular complexity index is 170. The van der Waals surface area contributed by atoms with E-state index < -0.39 is 12.0 Å². The van der Waals surface area contributed by atoms with Gasteiger partial charge >= 0.3 is 6.09 Å². The number of carbonyl (C=O) groups excluding carboxylic acids is 2. The van der Waals surface area contributed by atoms with Crippen molar-refractivity contribution in [1.82, 2.24) is 10.4 Å². The highest BCUT2D eigenvalue weighted by molar-refractivity contribution is 5.76. The van der Waals surface area contributed by atoms with Crippen LogP contribution in [-0.2, 0) is 9.53 Å². The lowest BCUT2D eigenvalue weighted by atomic mass is 10.5. The molecule has 12 heavy (non-hydrogen) atoms. The summed E-state index contributed by atoms with van der Waals surface area (Å²) in [6.45, 7) is 3.50. The van der Waals surface area contributed by atoms with Crippen LogP contribution in [-0.4, -0.2) is 30.7 Å². The zero-order valence-electron chi connectivity index (χ0n) is 7.53. The number of amides is 2. The third kappa shape index (κ3) is 4.54. The summed E-state index contributed by atoms with van der Waals surface area (Å²) in [5.74, 6) is -0.425. The van der Waals surface area contributed by atoms with Crippen molar-refractivity contribution >= 4 is 12.0 Å². The normalized spacial score (nSPS) is 8.92. The summed E-state index contributed by atoms with van der Waals surface area (Å²) >= 11 is 0. The van der Waals surface area contributed by atoms with Gasteiger partial charge in [0.15, 0.2) is 0 Å². The van der Waals surface area contributed by atoms with Gasteiger partial charge in [0.2, 0.25) is 0 Å². The second-order valence-electron chi connectivity index (χ2n) is 2.26. The lowest BCUT2D eigenvalue weighted by Gasteiger charge is -2.12. The van der Waals surface area contributed by atoms with E-state index in [0.717, 1.165) is 11.4 Å². The fraction of sp³-hybridized carbons (Fsp3) is 0.714. The molecule has 0 unspecified atom stereocenters. The quantitative estimate of drug-likeness (QED) is 0.572. The number of ether oxygens (including phenoxy) is 1. The molecule has 0 aliphatic heterocycles. The van der Waals surface area contributed by atoms with Gasteiger partial charge in [-0.3, -0.25) is 4.79 Å². The second kappa shape index (κ2) is 5.40. The Labute approximate surface area is 71.6 Å². The van der Waals surface area contributed by atoms with Gasteiger partial charge in [0, 0.05) is 14.0 Å². The van der Waals surface area contributed by atoms with E-state index in [1.54, 1.807) is 0 Å². The molecule has 0 saturated heterocycles. The van der Waals surface area contributed by atoms with Crippen LogP contribution in [0.2, 0.25) is 0 Å². The summed E-state index contributed by atoms with van der Waals surface area (Å²) in [6.07, 6.45) is 0.145. The first-order valence-corrected chi connectivity index (χ1v) is 3.70. The monoisotopic (exact) mass is 173 g/mol. The molecule has 0 bridgehead atoms. The van der Waals surface area contributed by atoms with Gasteiger partial charge in [-0.15, -0.1) is 5.43 Å². The predicted octanol–water partition coefficient (Wildman–Crippen LogP) is 0.531. The predicted molar refractivity (Wildman–Crippen MR) is 42.2 cm³/mol. The minimum Gasteiger partial charge on any atom is -0.448 e. The van der Waals surface area contributed by atoms with Crippen LogP contribution in [0.15, 0.2) is 0 Å². The molecule has 5 heteroatoms. The van der Waals surface area contributed by atoms with Crippen molar-refractivity contribution < 1.29 is 14.3 Å². The molecule has 0 atom stereocenters. The van der Waals surface area contributed by atoms with Gasteiger partial charge in [0.25, 0.3) is 5.91 Å². The molecule has 0 aromatic rings. The van der Waals surface area contributed by atoms with E-state index in [1.165, 1.54) is 14.0 Å². The van der Waals surface area contributed by atoms with Gasteiger partial charge in [-0.2, -0.15) is 5.01 Å². The van der Waals surface area contributed by atoms with Gasteiger partial charge < -0.3 is 4.74 Å². The first kappa shape index (κ1) is 10.7. The summed E-state index contributed by atoms with van der Waals surface area (Å²) in [4.78, 5) is 21.3. The lowest BCUT2D eigenvalue weighted by molar-refractivity contribution is -0.123. The number of nitrogens with zero attached hydrogens (tertiary/aromatic N) is 2. The van der Waals surface area contributed by atoms with E-state index in [4.69, 9.17) is 4.74 Å². The molecule has 0 aliphatic rings. The molecule has 0 aromatic carbocycles. The van der Waals surface area contributed by atoms with Crippen molar-refractivity contribution in [2.24, 2.45) is 0 Å². The van der Waals surface area contributed by atoms with Crippen molar-refractivity contribution in [2.75, 3.05) is 13.7 Å². The summed E-state index contributed by atoms with van der Waals surface area (Å²) in [6, 6.07) is 0. The molecule has 0 aromatic heterocycles. The average molecular weight is 173 g/mol. The molecule has 0 N–H and O–H groups in total. The van der Waals surface area contributed by atoms with Crippen LogP contribution in [0.3, 0.4) is 0 Å². The van der Waals surface area contributed by atoms with Crippen molar-refractivity contribution in [3.05, 3.63) is 0 Å². The highest BCUT2D eigenvalue weighted by Gasteiger charge is 2.11. The number of carbonyl (C=O) groups is 2. The first-order chi connectivity index (χ1) is 5.57. The van der Waals surface area contributed by atoms with Gasteiger partial charge in [-0.25, -0.2) is 4.79 Å². The molecule has 0 aliphatic carbocycles. The van der Waals surface area contributed by atoms with Crippen LogP contribution in [0.5, 0.6) is 0 Å². The van der Waals surface area contributed by atoms with Gasteiger partial charge in [-0.1, -0.05) is 6.92 Å². The molecular weight excluding hydrogens is 160 g/mol. The van der Waals surface area contributed by atoms with Gasteiger partial charge in [-0.05, 0) is 6.42 Å². The maximum absolute atomic E-state index is 10.9. The average Bonchev–Trinajstić information content (AvgIpc) is 1.98. The molecule has 2 amide bonds. The zero-order valence-corrected chi connectivity index (χ0v) is 7.53. The molecule has 0 rings (SSSR count). The van der Waals surface area contributed by atoms with E-state index in [9.17, 15) is 9.59 Å². The molecule has 0 fully saturated rings. The summed E-state index contributed by atoms with van der Waals surface area (Å²) < 4.78 is 4.69. The van der Waals surface area contributed by atoms with Crippen LogP contribution >= 0.6 is 0 Å². The summed E-state index contributed by atoms with van der Waals surface area (Å²) in [5.41, 5.74) is 3.35. The van der Waals surface area contributed by atoms with Crippen molar-refractivity contribution in [3.8, 4) is 0 Å². The minimum atomic E-state index is -0.605. The number of rotatable bonds is 2. The molecule has 69 valence electrons. The Balaban J connectivity index is 3.69. The Morgan fingerprint density at radius 3 is 2.50 bits per heavy atom. The van der Waals surface area contributed by atoms with E-state index in [1.807, 2.05) is 6.92 Å². The molecule has 5 nitrogen and oxygen atoms in total. The first-order valence-electron chi connectivity index (χ1n) is 3.70. The lowest BCUT2D eigenvalue weighted by Crippen LogP contribution is -2.37. The van der Waals surface area contributed by atoms with Crippen LogP contribution in [0.4, 0.5) is 4.79 Å². The molecule has 0 spiro atoms. The van der Waals surface area contributed by atoms with Crippen LogP contribution in [0, 0.1) is 0 Å². The van der Waals surface area contributed by atoms with Crippen molar-refractivity contribution in [2.45, 2.75) is 20.3 Å². The second-order valence-corrected chi connectivity index (χ2v) is 2.26. The van der Waals surface area contributed by atoms with Crippen LogP contribution < -0.4 is 5.43 Å². The maximum atomic E-state index is 10.9. The smallest absolute Gasteiger partial charge is 0.430 e. The Kier molecular flexibility index (Phi) is 4.83. The number of hydrogen-bond acceptors (Lipinski definition) is 3. The van der Waals surface area contributed by atoms with E-state index in [2.05, 4.69) is 5.43 Å². The molecule has 0 heterocycles. The van der Waals surface area contributed by atoms with Crippen LogP contribution in [0.1, 0.15) is 20.3 Å². The Hall–Kier alpha value is -1.26. The maximum Gasteiger partial charge on any atom is 0.430 e. The third-order valence-corrected chi connectivity index (χ3v) is 0.985. The Morgan fingerprint density at radius 2 is 2.08 bits per heavy atom. The number of hydrogen-bond donors (Lipinski definition) is 0. The largest absolute Gasteiger partial charge is 0.448 e. The van der Waals surface area contributed by atoms with E-state index in [0.29, 0.717) is 6.61 Å². The molecular formula is C7H13N2O3.